The number of benzene rings is 4. The van der Waals surface area contributed by atoms with Crippen molar-refractivity contribution >= 4 is 86.9 Å². The van der Waals surface area contributed by atoms with E-state index < -0.39 is 25.9 Å². The highest BCUT2D eigenvalue weighted by atomic mass is 35.5. The van der Waals surface area contributed by atoms with Gasteiger partial charge in [-0.3, -0.25) is 0 Å². The van der Waals surface area contributed by atoms with Gasteiger partial charge >= 0.3 is 0 Å². The second kappa shape index (κ2) is 15.3. The number of hydrogen-bond acceptors (Lipinski definition) is 10. The summed E-state index contributed by atoms with van der Waals surface area (Å²) in [6.45, 7) is 3.58. The van der Waals surface area contributed by atoms with Gasteiger partial charge in [-0.15, -0.1) is 0 Å². The Kier molecular flexibility index (Phi) is 10.0. The van der Waals surface area contributed by atoms with Crippen LogP contribution in [0.3, 0.4) is 0 Å². The standard InChI is InChI=1S/C21H19ClN4O2S.C21H19FN4O2S/c2*22-14-4-3-5-16(12-14)29(27,28)26-11-9-18-20(26)17-6-1-2-7-19(17)25-21(18)24-15-8-10-23-13-15/h2*1-7,9,11-12,15,23H,8,10,13H2,(H,24,25)/t15-;/m1./s1. The quantitative estimate of drug-likeness (QED) is 0.124. The molecule has 0 radical (unpaired) electrons. The largest absolute Gasteiger partial charge is 0.365 e. The van der Waals surface area contributed by atoms with Gasteiger partial charge < -0.3 is 21.3 Å². The van der Waals surface area contributed by atoms with Gasteiger partial charge in [-0.2, -0.15) is 0 Å². The summed E-state index contributed by atoms with van der Waals surface area (Å²) < 4.78 is 69.7. The fourth-order valence-corrected chi connectivity index (χ4v) is 10.8. The highest BCUT2D eigenvalue weighted by Gasteiger charge is 2.26. The Labute approximate surface area is 339 Å². The van der Waals surface area contributed by atoms with E-state index in [1.165, 1.54) is 38.4 Å². The molecule has 4 aromatic heterocycles. The second-order valence-corrected chi connectivity index (χ2v) is 18.4. The second-order valence-electron chi connectivity index (χ2n) is 14.3. The van der Waals surface area contributed by atoms with Crippen LogP contribution in [0.1, 0.15) is 12.8 Å². The van der Waals surface area contributed by atoms with Crippen LogP contribution in [0.4, 0.5) is 16.0 Å². The number of fused-ring (bicyclic) bond motifs is 6. The van der Waals surface area contributed by atoms with Crippen LogP contribution in [0.25, 0.3) is 43.6 Å². The van der Waals surface area contributed by atoms with E-state index >= 15 is 0 Å². The molecule has 2 aliphatic heterocycles. The third-order valence-electron chi connectivity index (χ3n) is 10.5. The van der Waals surface area contributed by atoms with Gasteiger partial charge in [0.2, 0.25) is 0 Å². The lowest BCUT2D eigenvalue weighted by Gasteiger charge is -2.15. The Balaban J connectivity index is 0.000000150. The van der Waals surface area contributed by atoms with Crippen LogP contribution in [0, 0.1) is 5.82 Å². The Bertz CT molecular complexity index is 2860. The van der Waals surface area contributed by atoms with E-state index in [4.69, 9.17) is 21.6 Å². The molecule has 2 atom stereocenters. The van der Waals surface area contributed by atoms with Crippen molar-refractivity contribution in [3.05, 3.63) is 132 Å². The van der Waals surface area contributed by atoms with E-state index in [-0.39, 0.29) is 21.9 Å². The lowest BCUT2D eigenvalue weighted by molar-refractivity contribution is 0.584. The van der Waals surface area contributed by atoms with Crippen molar-refractivity contribution in [1.82, 2.24) is 28.5 Å². The molecule has 10 rings (SSSR count). The predicted octanol–water partition coefficient (Wildman–Crippen LogP) is 7.19. The third-order valence-corrected chi connectivity index (χ3v) is 14.1. The molecule has 0 spiro atoms. The highest BCUT2D eigenvalue weighted by Crippen LogP contribution is 2.35. The Morgan fingerprint density at radius 2 is 1.09 bits per heavy atom. The van der Waals surface area contributed by atoms with Gasteiger partial charge in [0.25, 0.3) is 20.0 Å². The van der Waals surface area contributed by atoms with Gasteiger partial charge in [0, 0.05) is 64.1 Å². The van der Waals surface area contributed by atoms with Crippen molar-refractivity contribution in [2.24, 2.45) is 0 Å². The number of aromatic nitrogens is 4. The van der Waals surface area contributed by atoms with E-state index in [9.17, 15) is 21.2 Å². The number of rotatable bonds is 8. The molecule has 1 unspecified atom stereocenters. The first kappa shape index (κ1) is 38.0. The molecule has 16 heteroatoms. The van der Waals surface area contributed by atoms with Gasteiger partial charge in [0.15, 0.2) is 0 Å². The average molecular weight is 837 g/mol. The summed E-state index contributed by atoms with van der Waals surface area (Å²) in [5, 5.41) is 17.0. The smallest absolute Gasteiger partial charge is 0.268 e. The highest BCUT2D eigenvalue weighted by molar-refractivity contribution is 7.90. The molecule has 0 saturated carbocycles. The molecule has 12 nitrogen and oxygen atoms in total. The zero-order valence-corrected chi connectivity index (χ0v) is 33.3. The maximum atomic E-state index is 13.7. The maximum Gasteiger partial charge on any atom is 0.268 e. The summed E-state index contributed by atoms with van der Waals surface area (Å²) in [5.41, 5.74) is 2.59. The molecule has 4 aromatic carbocycles. The van der Waals surface area contributed by atoms with Gasteiger partial charge in [-0.25, -0.2) is 39.1 Å². The normalized spacial score (nSPS) is 17.2. The van der Waals surface area contributed by atoms with E-state index in [1.54, 1.807) is 30.5 Å². The number of hydrogen-bond donors (Lipinski definition) is 4. The first-order chi connectivity index (χ1) is 28.1. The molecule has 0 amide bonds. The van der Waals surface area contributed by atoms with Crippen LogP contribution in [-0.4, -0.2) is 73.0 Å². The minimum atomic E-state index is -3.97. The summed E-state index contributed by atoms with van der Waals surface area (Å²) in [6, 6.07) is 30.5. The zero-order valence-electron chi connectivity index (χ0n) is 30.9. The molecule has 0 bridgehead atoms. The summed E-state index contributed by atoms with van der Waals surface area (Å²) in [4.78, 5) is 9.58. The molecule has 0 aliphatic carbocycles. The topological polar surface area (TPSA) is 152 Å². The monoisotopic (exact) mass is 836 g/mol. The van der Waals surface area contributed by atoms with Crippen LogP contribution >= 0.6 is 11.6 Å². The zero-order chi connectivity index (χ0) is 40.0. The van der Waals surface area contributed by atoms with Crippen LogP contribution in [0.15, 0.2) is 131 Å². The maximum absolute atomic E-state index is 13.7. The minimum absolute atomic E-state index is 0.0922. The van der Waals surface area contributed by atoms with Crippen LogP contribution in [-0.2, 0) is 20.0 Å². The number of nitrogens with zero attached hydrogens (tertiary/aromatic N) is 4. The summed E-state index contributed by atoms with van der Waals surface area (Å²) in [6.07, 6.45) is 5.07. The van der Waals surface area contributed by atoms with E-state index in [0.717, 1.165) is 72.1 Å². The number of anilines is 2. The Hall–Kier alpha value is -5.58. The predicted molar refractivity (Wildman–Crippen MR) is 227 cm³/mol. The van der Waals surface area contributed by atoms with Crippen molar-refractivity contribution in [1.29, 1.82) is 0 Å². The number of pyridine rings is 2. The van der Waals surface area contributed by atoms with Crippen molar-refractivity contribution in [3.8, 4) is 0 Å². The van der Waals surface area contributed by atoms with Crippen LogP contribution < -0.4 is 21.3 Å². The first-order valence-electron chi connectivity index (χ1n) is 18.8. The Morgan fingerprint density at radius 1 is 0.603 bits per heavy atom. The number of halogens is 2. The molecule has 2 aliphatic rings. The van der Waals surface area contributed by atoms with Gasteiger partial charge in [-0.05, 0) is 86.6 Å². The van der Waals surface area contributed by atoms with E-state index in [1.807, 2.05) is 54.6 Å². The van der Waals surface area contributed by atoms with Crippen LogP contribution in [0.5, 0.6) is 0 Å². The average Bonchev–Trinajstić information content (AvgIpc) is 4.07. The lowest BCUT2D eigenvalue weighted by atomic mass is 10.1. The summed E-state index contributed by atoms with van der Waals surface area (Å²) >= 11 is 6.05. The molecule has 296 valence electrons. The fourth-order valence-electron chi connectivity index (χ4n) is 7.69. The molecule has 6 heterocycles. The van der Waals surface area contributed by atoms with Gasteiger partial charge in [0.05, 0.1) is 31.9 Å². The molecule has 58 heavy (non-hydrogen) atoms. The van der Waals surface area contributed by atoms with Crippen molar-refractivity contribution in [3.63, 3.8) is 0 Å². The molecular formula is C42H38ClFN8O4S2. The SMILES string of the molecule is O=S(=O)(c1cccc(Cl)c1)n1ccc2c(N[C@@H]3CCNC3)nc3ccccc3c21.O=S(=O)(c1cccc(F)c1)n1ccc2c(NC3CCNC3)nc3ccccc3c21. The van der Waals surface area contributed by atoms with Gasteiger partial charge in [0.1, 0.15) is 17.5 Å². The first-order valence-corrected chi connectivity index (χ1v) is 22.1. The molecule has 2 fully saturated rings. The fraction of sp³-hybridized carbons (Fsp3) is 0.190. The minimum Gasteiger partial charge on any atom is -0.365 e. The van der Waals surface area contributed by atoms with Crippen molar-refractivity contribution in [2.75, 3.05) is 36.8 Å². The van der Waals surface area contributed by atoms with Crippen LogP contribution in [0.2, 0.25) is 5.02 Å². The van der Waals surface area contributed by atoms with Crippen molar-refractivity contribution < 1.29 is 21.2 Å². The van der Waals surface area contributed by atoms with Crippen molar-refractivity contribution in [2.45, 2.75) is 34.7 Å². The lowest BCUT2D eigenvalue weighted by Crippen LogP contribution is -2.22. The summed E-state index contributed by atoms with van der Waals surface area (Å²) in [5.74, 6) is 0.762. The molecule has 8 aromatic rings. The van der Waals surface area contributed by atoms with Gasteiger partial charge in [-0.1, -0.05) is 60.1 Å². The number of para-hydroxylation sites is 2. The van der Waals surface area contributed by atoms with E-state index in [0.29, 0.717) is 33.2 Å². The number of nitrogens with one attached hydrogen (secondary N) is 4. The summed E-state index contributed by atoms with van der Waals surface area (Å²) in [7, 11) is -7.79. The molecular weight excluding hydrogens is 799 g/mol. The Morgan fingerprint density at radius 3 is 1.55 bits per heavy atom. The third kappa shape index (κ3) is 7.02. The van der Waals surface area contributed by atoms with E-state index in [2.05, 4.69) is 21.3 Å². The molecule has 2 saturated heterocycles. The molecule has 4 N–H and O–H groups in total.